The number of benzene rings is 1. The van der Waals surface area contributed by atoms with Crippen LogP contribution in [0, 0.1) is 17.3 Å². The molecule has 0 aliphatic carbocycles. The Morgan fingerprint density at radius 1 is 1.12 bits per heavy atom. The third-order valence-electron chi connectivity index (χ3n) is 7.37. The van der Waals surface area contributed by atoms with Crippen molar-refractivity contribution < 1.29 is 14.7 Å². The number of unbranched alkanes of at least 4 members (excludes halogenated alkanes) is 1. The molecule has 1 N–H and O–H groups in total. The van der Waals surface area contributed by atoms with E-state index in [1.165, 1.54) is 50.5 Å². The molecule has 2 saturated heterocycles. The quantitative estimate of drug-likeness (QED) is 0.133. The predicted octanol–water partition coefficient (Wildman–Crippen LogP) is 7.00. The van der Waals surface area contributed by atoms with Gasteiger partial charge in [-0.25, -0.2) is 5.06 Å². The fourth-order valence-corrected chi connectivity index (χ4v) is 6.25. The lowest BCUT2D eigenvalue weighted by Gasteiger charge is -2.27. The van der Waals surface area contributed by atoms with E-state index >= 15 is 0 Å². The Balaban J connectivity index is 1.32. The van der Waals surface area contributed by atoms with Crippen LogP contribution in [-0.4, -0.2) is 46.9 Å². The number of amides is 1. The first-order chi connectivity index (χ1) is 16.4. The lowest BCUT2D eigenvalue weighted by atomic mass is 9.75. The Hall–Kier alpha value is -1.56. The van der Waals surface area contributed by atoms with Gasteiger partial charge >= 0.3 is 0 Å². The van der Waals surface area contributed by atoms with Crippen LogP contribution in [0.3, 0.4) is 0 Å². The third kappa shape index (κ3) is 8.00. The van der Waals surface area contributed by atoms with Crippen LogP contribution in [-0.2, 0) is 9.53 Å². The molecule has 0 saturated carbocycles. The second-order valence-electron chi connectivity index (χ2n) is 10.5. The van der Waals surface area contributed by atoms with Crippen molar-refractivity contribution in [3.8, 4) is 0 Å². The summed E-state index contributed by atoms with van der Waals surface area (Å²) in [7, 11) is 1.40. The summed E-state index contributed by atoms with van der Waals surface area (Å²) >= 11 is 2.02. The first kappa shape index (κ1) is 27.0. The van der Waals surface area contributed by atoms with E-state index < -0.39 is 5.41 Å². The van der Waals surface area contributed by atoms with Crippen molar-refractivity contribution in [3.63, 3.8) is 0 Å². The van der Waals surface area contributed by atoms with E-state index in [9.17, 15) is 10.0 Å². The molecule has 0 aromatic heterocycles. The molecule has 1 aromatic rings. The van der Waals surface area contributed by atoms with E-state index in [1.54, 1.807) is 0 Å². The van der Waals surface area contributed by atoms with Gasteiger partial charge in [0.2, 0.25) is 0 Å². The number of allylic oxidation sites excluding steroid dienone is 2. The van der Waals surface area contributed by atoms with Gasteiger partial charge in [-0.05, 0) is 68.1 Å². The van der Waals surface area contributed by atoms with Crippen LogP contribution in [0.5, 0.6) is 0 Å². The fourth-order valence-electron chi connectivity index (χ4n) is 5.44. The molecule has 3 rings (SSSR count). The Labute approximate surface area is 210 Å². The van der Waals surface area contributed by atoms with Gasteiger partial charge in [-0.15, -0.1) is 0 Å². The lowest BCUT2D eigenvalue weighted by Crippen LogP contribution is -2.36. The van der Waals surface area contributed by atoms with Crippen LogP contribution < -0.4 is 0 Å². The number of thioether (sulfide) groups is 1. The largest absolute Gasteiger partial charge is 0.374 e. The Morgan fingerprint density at radius 3 is 2.59 bits per heavy atom. The van der Waals surface area contributed by atoms with Gasteiger partial charge in [-0.2, -0.15) is 11.8 Å². The van der Waals surface area contributed by atoms with Crippen molar-refractivity contribution in [2.45, 2.75) is 77.4 Å². The number of rotatable bonds is 14. The van der Waals surface area contributed by atoms with Crippen LogP contribution in [0.25, 0.3) is 6.08 Å². The predicted molar refractivity (Wildman–Crippen MR) is 143 cm³/mol. The highest BCUT2D eigenvalue weighted by Crippen LogP contribution is 2.47. The summed E-state index contributed by atoms with van der Waals surface area (Å²) in [6.07, 6.45) is 18.9. The number of hydrogen-bond donors (Lipinski definition) is 1. The minimum Gasteiger partial charge on any atom is -0.374 e. The zero-order valence-corrected chi connectivity index (χ0v) is 22.0. The Kier molecular flexibility index (Phi) is 10.7. The molecule has 2 fully saturated rings. The lowest BCUT2D eigenvalue weighted by molar-refractivity contribution is -0.169. The minimum absolute atomic E-state index is 0.229. The molecule has 0 spiro atoms. The number of hydrogen-bond acceptors (Lipinski definition) is 4. The molecule has 1 aromatic carbocycles. The average molecular weight is 486 g/mol. The molecule has 0 radical (unpaired) electrons. The number of ether oxygens (including phenoxy) is 1. The van der Waals surface area contributed by atoms with Crippen molar-refractivity contribution in [1.29, 1.82) is 0 Å². The van der Waals surface area contributed by atoms with Crippen LogP contribution in [0.15, 0.2) is 48.6 Å². The highest BCUT2D eigenvalue weighted by molar-refractivity contribution is 7.99. The highest BCUT2D eigenvalue weighted by Gasteiger charge is 2.47. The normalized spacial score (nSPS) is 24.5. The molecular formula is C29H43NO3S. The van der Waals surface area contributed by atoms with Gasteiger partial charge in [0, 0.05) is 18.2 Å². The van der Waals surface area contributed by atoms with E-state index in [0.717, 1.165) is 25.0 Å². The average Bonchev–Trinajstić information content (AvgIpc) is 3.42. The minimum atomic E-state index is -0.540. The van der Waals surface area contributed by atoms with Crippen LogP contribution in [0.1, 0.15) is 70.8 Å². The second-order valence-corrected chi connectivity index (χ2v) is 11.6. The maximum Gasteiger partial charge on any atom is 0.251 e. The molecular weight excluding hydrogens is 442 g/mol. The molecule has 0 unspecified atom stereocenters. The van der Waals surface area contributed by atoms with Crippen LogP contribution in [0.2, 0.25) is 0 Å². The summed E-state index contributed by atoms with van der Waals surface area (Å²) in [5.74, 6) is 3.43. The molecule has 5 heteroatoms. The van der Waals surface area contributed by atoms with Gasteiger partial charge in [-0.1, -0.05) is 74.9 Å². The van der Waals surface area contributed by atoms with E-state index in [2.05, 4.69) is 54.6 Å². The third-order valence-corrected chi connectivity index (χ3v) is 8.38. The van der Waals surface area contributed by atoms with Crippen molar-refractivity contribution in [1.82, 2.24) is 5.06 Å². The zero-order chi connectivity index (χ0) is 24.4. The van der Waals surface area contributed by atoms with E-state index in [4.69, 9.17) is 4.74 Å². The standard InChI is InChI=1S/C29H43NO3S/c1-29(2,28(31)30(3)32)20-10-5-8-16-24-25(27-19-18-26(24)33-27)17-9-11-21-34-22-12-15-23-13-6-4-7-14-23/h4-8,12-15,24-27,32H,9-11,16-22H2,1-3H3/t24-,25+,26-,27+/m0/s1. The molecule has 4 atom stereocenters. The first-order valence-corrected chi connectivity index (χ1v) is 14.1. The number of fused-ring (bicyclic) bond motifs is 2. The van der Waals surface area contributed by atoms with Crippen molar-refractivity contribution >= 4 is 23.7 Å². The van der Waals surface area contributed by atoms with Crippen LogP contribution >= 0.6 is 11.8 Å². The molecule has 4 nitrogen and oxygen atoms in total. The summed E-state index contributed by atoms with van der Waals surface area (Å²) in [4.78, 5) is 12.1. The summed E-state index contributed by atoms with van der Waals surface area (Å²) in [6, 6.07) is 10.5. The maximum absolute atomic E-state index is 12.1. The van der Waals surface area contributed by atoms with Gasteiger partial charge in [0.15, 0.2) is 0 Å². The molecule has 2 bridgehead atoms. The topological polar surface area (TPSA) is 49.8 Å². The molecule has 188 valence electrons. The molecule has 2 heterocycles. The van der Waals surface area contributed by atoms with Gasteiger partial charge < -0.3 is 4.74 Å². The molecule has 1 amide bonds. The summed E-state index contributed by atoms with van der Waals surface area (Å²) in [5.41, 5.74) is 0.732. The van der Waals surface area contributed by atoms with Crippen molar-refractivity contribution in [2.24, 2.45) is 17.3 Å². The first-order valence-electron chi connectivity index (χ1n) is 13.0. The summed E-state index contributed by atoms with van der Waals surface area (Å²) in [6.45, 7) is 3.79. The molecule has 2 aliphatic heterocycles. The number of nitrogens with zero attached hydrogens (tertiary/aromatic N) is 1. The maximum atomic E-state index is 12.1. The number of carbonyl (C=O) groups excluding carboxylic acids is 1. The summed E-state index contributed by atoms with van der Waals surface area (Å²) in [5, 5.41) is 10.1. The fraction of sp³-hybridized carbons (Fsp3) is 0.621. The van der Waals surface area contributed by atoms with Gasteiger partial charge in [0.05, 0.1) is 12.2 Å². The Morgan fingerprint density at radius 2 is 1.85 bits per heavy atom. The van der Waals surface area contributed by atoms with Crippen molar-refractivity contribution in [3.05, 3.63) is 54.1 Å². The van der Waals surface area contributed by atoms with E-state index in [1.807, 2.05) is 25.6 Å². The summed E-state index contributed by atoms with van der Waals surface area (Å²) < 4.78 is 6.29. The highest BCUT2D eigenvalue weighted by atomic mass is 32.2. The van der Waals surface area contributed by atoms with E-state index in [-0.39, 0.29) is 5.91 Å². The van der Waals surface area contributed by atoms with Crippen LogP contribution in [0.4, 0.5) is 0 Å². The number of hydroxylamine groups is 2. The zero-order valence-electron chi connectivity index (χ0n) is 21.2. The van der Waals surface area contributed by atoms with Gasteiger partial charge in [0.1, 0.15) is 0 Å². The SMILES string of the molecule is CN(O)C(=O)C(C)(C)CCC=CC[C@H]1[C@@H](CCCCSCC=Cc2ccccc2)[C@H]2CC[C@@H]1O2. The molecule has 34 heavy (non-hydrogen) atoms. The molecule has 2 aliphatic rings. The van der Waals surface area contributed by atoms with Crippen molar-refractivity contribution in [2.75, 3.05) is 18.6 Å². The smallest absolute Gasteiger partial charge is 0.251 e. The number of carbonyl (C=O) groups is 1. The van der Waals surface area contributed by atoms with E-state index in [0.29, 0.717) is 29.1 Å². The monoisotopic (exact) mass is 485 g/mol. The Bertz CT molecular complexity index is 805. The second kappa shape index (κ2) is 13.5. The van der Waals surface area contributed by atoms with Gasteiger partial charge in [0.25, 0.3) is 5.91 Å². The van der Waals surface area contributed by atoms with Gasteiger partial charge in [-0.3, -0.25) is 10.0 Å².